The summed E-state index contributed by atoms with van der Waals surface area (Å²) in [5, 5.41) is 14.5. The molecule has 1 aromatic heterocycles. The van der Waals surface area contributed by atoms with Crippen molar-refractivity contribution in [2.24, 2.45) is 11.8 Å². The fourth-order valence-corrected chi connectivity index (χ4v) is 2.93. The van der Waals surface area contributed by atoms with Gasteiger partial charge in [0.1, 0.15) is 5.76 Å². The molecule has 1 heterocycles. The largest absolute Gasteiger partial charge is 0.481 e. The number of rotatable bonds is 7. The molecule has 1 aliphatic rings. The van der Waals surface area contributed by atoms with Gasteiger partial charge in [-0.3, -0.25) is 14.4 Å². The molecule has 1 aliphatic carbocycles. The van der Waals surface area contributed by atoms with E-state index < -0.39 is 17.8 Å². The monoisotopic (exact) mass is 356 g/mol. The number of amides is 2. The molecule has 1 fully saturated rings. The summed E-state index contributed by atoms with van der Waals surface area (Å²) in [7, 11) is 0. The van der Waals surface area contributed by atoms with Crippen molar-refractivity contribution in [3.05, 3.63) is 59.5 Å². The number of carbonyl (C=O) groups excluding carboxylic acids is 2. The summed E-state index contributed by atoms with van der Waals surface area (Å²) in [4.78, 5) is 35.3. The lowest BCUT2D eigenvalue weighted by atomic mass is 9.73. The predicted molar refractivity (Wildman–Crippen MR) is 92.0 cm³/mol. The van der Waals surface area contributed by atoms with Gasteiger partial charge in [0.15, 0.2) is 0 Å². The van der Waals surface area contributed by atoms with Crippen molar-refractivity contribution >= 4 is 17.8 Å². The Morgan fingerprint density at radius 3 is 2.50 bits per heavy atom. The molecule has 0 saturated heterocycles. The third kappa shape index (κ3) is 4.11. The Bertz CT molecular complexity index is 800. The van der Waals surface area contributed by atoms with E-state index in [9.17, 15) is 14.4 Å². The first kappa shape index (κ1) is 17.7. The number of nitrogens with one attached hydrogen (secondary N) is 2. The molecule has 7 nitrogen and oxygen atoms in total. The van der Waals surface area contributed by atoms with E-state index in [0.29, 0.717) is 30.7 Å². The Labute approximate surface area is 150 Å². The van der Waals surface area contributed by atoms with Gasteiger partial charge in [-0.1, -0.05) is 12.1 Å². The Kier molecular flexibility index (Phi) is 5.36. The standard InChI is InChI=1S/C19H20N2O5/c22-17(21-11-14-5-2-8-26-14)13-4-1-3-12(9-13)10-20-18(23)15-6-7-16(15)19(24)25/h1-5,8-9,15-16H,6-7,10-11H2,(H,20,23)(H,21,22)(H,24,25). The number of carbonyl (C=O) groups is 3. The van der Waals surface area contributed by atoms with Gasteiger partial charge in [0.25, 0.3) is 5.91 Å². The molecule has 136 valence electrons. The third-order valence-electron chi connectivity index (χ3n) is 4.59. The Morgan fingerprint density at radius 1 is 1.04 bits per heavy atom. The second-order valence-electron chi connectivity index (χ2n) is 6.31. The van der Waals surface area contributed by atoms with Crippen molar-refractivity contribution in [3.8, 4) is 0 Å². The SMILES string of the molecule is O=C(NCc1ccco1)c1cccc(CNC(=O)C2CCC2C(=O)O)c1. The van der Waals surface area contributed by atoms with Gasteiger partial charge in [-0.2, -0.15) is 0 Å². The number of carboxylic acid groups (broad SMARTS) is 1. The molecule has 0 spiro atoms. The van der Waals surface area contributed by atoms with Crippen LogP contribution in [0.1, 0.15) is 34.5 Å². The summed E-state index contributed by atoms with van der Waals surface area (Å²) >= 11 is 0. The topological polar surface area (TPSA) is 109 Å². The van der Waals surface area contributed by atoms with Crippen molar-refractivity contribution in [2.45, 2.75) is 25.9 Å². The van der Waals surface area contributed by atoms with Crippen LogP contribution in [0, 0.1) is 11.8 Å². The number of carboxylic acids is 1. The van der Waals surface area contributed by atoms with Crippen LogP contribution in [0.2, 0.25) is 0 Å². The van der Waals surface area contributed by atoms with Gasteiger partial charge in [-0.05, 0) is 42.7 Å². The molecule has 0 radical (unpaired) electrons. The smallest absolute Gasteiger partial charge is 0.307 e. The second kappa shape index (κ2) is 7.86. The highest BCUT2D eigenvalue weighted by atomic mass is 16.4. The zero-order valence-electron chi connectivity index (χ0n) is 14.1. The van der Waals surface area contributed by atoms with Crippen LogP contribution in [0.5, 0.6) is 0 Å². The van der Waals surface area contributed by atoms with Crippen LogP contribution < -0.4 is 10.6 Å². The lowest BCUT2D eigenvalue weighted by Gasteiger charge is -2.31. The van der Waals surface area contributed by atoms with E-state index in [4.69, 9.17) is 9.52 Å². The number of aliphatic carboxylic acids is 1. The number of hydrogen-bond donors (Lipinski definition) is 3. The molecule has 0 aliphatic heterocycles. The molecule has 2 amide bonds. The van der Waals surface area contributed by atoms with Crippen LogP contribution in [-0.2, 0) is 22.7 Å². The van der Waals surface area contributed by atoms with Gasteiger partial charge in [-0.15, -0.1) is 0 Å². The Hall–Kier alpha value is -3.09. The molecule has 0 bridgehead atoms. The molecule has 1 aromatic carbocycles. The molecule has 7 heteroatoms. The van der Waals surface area contributed by atoms with Gasteiger partial charge in [0, 0.05) is 12.1 Å². The van der Waals surface area contributed by atoms with Gasteiger partial charge in [0.05, 0.1) is 24.6 Å². The van der Waals surface area contributed by atoms with E-state index in [1.54, 1.807) is 42.7 Å². The maximum atomic E-state index is 12.2. The van der Waals surface area contributed by atoms with E-state index in [2.05, 4.69) is 10.6 Å². The Balaban J connectivity index is 1.53. The van der Waals surface area contributed by atoms with E-state index in [0.717, 1.165) is 5.56 Å². The minimum atomic E-state index is -0.924. The highest BCUT2D eigenvalue weighted by Crippen LogP contribution is 2.34. The van der Waals surface area contributed by atoms with Crippen molar-refractivity contribution in [1.82, 2.24) is 10.6 Å². The van der Waals surface area contributed by atoms with Gasteiger partial charge in [-0.25, -0.2) is 0 Å². The summed E-state index contributed by atoms with van der Waals surface area (Å²) in [6, 6.07) is 10.5. The molecule has 26 heavy (non-hydrogen) atoms. The molecule has 2 unspecified atom stereocenters. The lowest BCUT2D eigenvalue weighted by molar-refractivity contribution is -0.152. The molecule has 1 saturated carbocycles. The lowest BCUT2D eigenvalue weighted by Crippen LogP contribution is -2.43. The Morgan fingerprint density at radius 2 is 1.85 bits per heavy atom. The van der Waals surface area contributed by atoms with Crippen molar-refractivity contribution < 1.29 is 23.9 Å². The van der Waals surface area contributed by atoms with Crippen molar-refractivity contribution in [1.29, 1.82) is 0 Å². The van der Waals surface area contributed by atoms with Gasteiger partial charge < -0.3 is 20.2 Å². The molecular formula is C19H20N2O5. The maximum absolute atomic E-state index is 12.2. The summed E-state index contributed by atoms with van der Waals surface area (Å²) in [6.07, 6.45) is 2.68. The van der Waals surface area contributed by atoms with E-state index >= 15 is 0 Å². The van der Waals surface area contributed by atoms with E-state index in [1.165, 1.54) is 0 Å². The second-order valence-corrected chi connectivity index (χ2v) is 6.31. The first-order chi connectivity index (χ1) is 12.5. The van der Waals surface area contributed by atoms with Crippen molar-refractivity contribution in [3.63, 3.8) is 0 Å². The van der Waals surface area contributed by atoms with Crippen molar-refractivity contribution in [2.75, 3.05) is 0 Å². The number of hydrogen-bond acceptors (Lipinski definition) is 4. The molecule has 2 aromatic rings. The first-order valence-corrected chi connectivity index (χ1v) is 8.44. The van der Waals surface area contributed by atoms with E-state index in [-0.39, 0.29) is 18.4 Å². The summed E-state index contributed by atoms with van der Waals surface area (Å²) in [5.74, 6) is -1.81. The fraction of sp³-hybridized carbons (Fsp3) is 0.316. The van der Waals surface area contributed by atoms with Crippen LogP contribution in [0.15, 0.2) is 47.1 Å². The minimum Gasteiger partial charge on any atom is -0.481 e. The minimum absolute atomic E-state index is 0.237. The molecule has 3 rings (SSSR count). The maximum Gasteiger partial charge on any atom is 0.307 e. The van der Waals surface area contributed by atoms with Crippen LogP contribution in [0.3, 0.4) is 0 Å². The number of benzene rings is 1. The quantitative estimate of drug-likeness (QED) is 0.702. The molecular weight excluding hydrogens is 336 g/mol. The number of furan rings is 1. The zero-order chi connectivity index (χ0) is 18.5. The van der Waals surface area contributed by atoms with Crippen LogP contribution in [0.25, 0.3) is 0 Å². The summed E-state index contributed by atoms with van der Waals surface area (Å²) in [6.45, 7) is 0.548. The van der Waals surface area contributed by atoms with Crippen LogP contribution in [0.4, 0.5) is 0 Å². The average Bonchev–Trinajstić information content (AvgIpc) is 3.10. The van der Waals surface area contributed by atoms with Gasteiger partial charge >= 0.3 is 5.97 Å². The third-order valence-corrected chi connectivity index (χ3v) is 4.59. The highest BCUT2D eigenvalue weighted by Gasteiger charge is 2.41. The highest BCUT2D eigenvalue weighted by molar-refractivity contribution is 5.94. The molecule has 3 N–H and O–H groups in total. The molecule has 2 atom stereocenters. The first-order valence-electron chi connectivity index (χ1n) is 8.44. The van der Waals surface area contributed by atoms with E-state index in [1.807, 2.05) is 0 Å². The zero-order valence-corrected chi connectivity index (χ0v) is 14.1. The summed E-state index contributed by atoms with van der Waals surface area (Å²) < 4.78 is 5.17. The van der Waals surface area contributed by atoms with Crippen LogP contribution in [-0.4, -0.2) is 22.9 Å². The van der Waals surface area contributed by atoms with Gasteiger partial charge in [0.2, 0.25) is 5.91 Å². The summed E-state index contributed by atoms with van der Waals surface area (Å²) in [5.41, 5.74) is 1.26. The van der Waals surface area contributed by atoms with Crippen LogP contribution >= 0.6 is 0 Å². The fourth-order valence-electron chi connectivity index (χ4n) is 2.93. The average molecular weight is 356 g/mol. The normalized spacial score (nSPS) is 18.6. The predicted octanol–water partition coefficient (Wildman–Crippen LogP) is 1.94.